The summed E-state index contributed by atoms with van der Waals surface area (Å²) in [5.74, 6) is -0.505. The average molecular weight is 370 g/mol. The van der Waals surface area contributed by atoms with Gasteiger partial charge >= 0.3 is 0 Å². The molecule has 0 bridgehead atoms. The number of nitrogens with zero attached hydrogens (tertiary/aromatic N) is 1. The van der Waals surface area contributed by atoms with Crippen molar-refractivity contribution in [2.75, 3.05) is 10.5 Å². The van der Waals surface area contributed by atoms with Crippen molar-refractivity contribution in [3.05, 3.63) is 52.3 Å². The van der Waals surface area contributed by atoms with Gasteiger partial charge in [-0.25, -0.2) is 12.8 Å². The molecule has 2 rings (SSSR count). The molecule has 0 spiro atoms. The van der Waals surface area contributed by atoms with Gasteiger partial charge in [0.15, 0.2) is 0 Å². The van der Waals surface area contributed by atoms with Crippen LogP contribution in [0.2, 0.25) is 0 Å². The SMILES string of the molecule is N#Cc1cc(N)ccc1S(=O)(=O)Nc1ccc(F)cc1Br. The molecular weight excluding hydrogens is 361 g/mol. The summed E-state index contributed by atoms with van der Waals surface area (Å²) in [7, 11) is -3.99. The van der Waals surface area contributed by atoms with Gasteiger partial charge in [-0.2, -0.15) is 5.26 Å². The van der Waals surface area contributed by atoms with Gasteiger partial charge in [0.2, 0.25) is 0 Å². The number of halogens is 2. The topological polar surface area (TPSA) is 96.0 Å². The van der Waals surface area contributed by atoms with Crippen molar-refractivity contribution in [3.63, 3.8) is 0 Å². The van der Waals surface area contributed by atoms with Gasteiger partial charge in [-0.15, -0.1) is 0 Å². The van der Waals surface area contributed by atoms with Crippen LogP contribution in [0.15, 0.2) is 45.8 Å². The maximum absolute atomic E-state index is 13.0. The molecule has 108 valence electrons. The molecule has 0 unspecified atom stereocenters. The minimum Gasteiger partial charge on any atom is -0.399 e. The third kappa shape index (κ3) is 3.32. The normalized spacial score (nSPS) is 10.9. The molecular formula is C13H9BrFN3O2S. The summed E-state index contributed by atoms with van der Waals surface area (Å²) in [5.41, 5.74) is 5.91. The number of hydrogen-bond acceptors (Lipinski definition) is 4. The number of hydrogen-bond donors (Lipinski definition) is 2. The van der Waals surface area contributed by atoms with Crippen LogP contribution in [0, 0.1) is 17.1 Å². The van der Waals surface area contributed by atoms with E-state index in [-0.39, 0.29) is 26.3 Å². The van der Waals surface area contributed by atoms with Crippen LogP contribution in [0.1, 0.15) is 5.56 Å². The molecule has 3 N–H and O–H groups in total. The second kappa shape index (κ2) is 5.71. The van der Waals surface area contributed by atoms with Crippen LogP contribution in [0.25, 0.3) is 0 Å². The first kappa shape index (κ1) is 15.3. The van der Waals surface area contributed by atoms with E-state index < -0.39 is 15.8 Å². The van der Waals surface area contributed by atoms with Crippen LogP contribution in [-0.4, -0.2) is 8.42 Å². The van der Waals surface area contributed by atoms with E-state index in [1.165, 1.54) is 24.3 Å². The Bertz CT molecular complexity index is 847. The monoisotopic (exact) mass is 369 g/mol. The number of nitrogen functional groups attached to an aromatic ring is 1. The van der Waals surface area contributed by atoms with E-state index in [1.54, 1.807) is 6.07 Å². The number of nitriles is 1. The Hall–Kier alpha value is -2.11. The number of nitrogens with one attached hydrogen (secondary N) is 1. The molecule has 5 nitrogen and oxygen atoms in total. The zero-order valence-electron chi connectivity index (χ0n) is 10.5. The van der Waals surface area contributed by atoms with E-state index >= 15 is 0 Å². The Balaban J connectivity index is 2.46. The Morgan fingerprint density at radius 2 is 1.95 bits per heavy atom. The van der Waals surface area contributed by atoms with Crippen molar-refractivity contribution >= 4 is 37.3 Å². The Labute approximate surface area is 129 Å². The predicted octanol–water partition coefficient (Wildman–Crippen LogP) is 2.84. The highest BCUT2D eigenvalue weighted by molar-refractivity contribution is 9.10. The van der Waals surface area contributed by atoms with Gasteiger partial charge in [-0.3, -0.25) is 4.72 Å². The number of rotatable bonds is 3. The standard InChI is InChI=1S/C13H9BrFN3O2S/c14-11-6-9(15)1-3-12(11)18-21(19,20)13-4-2-10(17)5-8(13)7-16/h1-6,18H,17H2. The quantitative estimate of drug-likeness (QED) is 0.812. The van der Waals surface area contributed by atoms with Crippen LogP contribution < -0.4 is 10.5 Å². The number of benzene rings is 2. The Morgan fingerprint density at radius 3 is 2.57 bits per heavy atom. The molecule has 2 aromatic rings. The molecule has 0 aliphatic rings. The van der Waals surface area contributed by atoms with E-state index in [0.717, 1.165) is 12.1 Å². The Kier molecular flexibility index (Phi) is 4.16. The lowest BCUT2D eigenvalue weighted by Gasteiger charge is -2.11. The van der Waals surface area contributed by atoms with Crippen molar-refractivity contribution in [2.24, 2.45) is 0 Å². The lowest BCUT2D eigenvalue weighted by Crippen LogP contribution is -2.15. The lowest BCUT2D eigenvalue weighted by molar-refractivity contribution is 0.600. The largest absolute Gasteiger partial charge is 0.399 e. The molecule has 0 fully saturated rings. The predicted molar refractivity (Wildman–Crippen MR) is 80.5 cm³/mol. The van der Waals surface area contributed by atoms with Crippen LogP contribution in [-0.2, 0) is 10.0 Å². The highest BCUT2D eigenvalue weighted by Gasteiger charge is 2.20. The first-order chi connectivity index (χ1) is 9.83. The third-order valence-electron chi connectivity index (χ3n) is 2.59. The van der Waals surface area contributed by atoms with Crippen LogP contribution in [0.3, 0.4) is 0 Å². The number of anilines is 2. The molecule has 0 aromatic heterocycles. The highest BCUT2D eigenvalue weighted by atomic mass is 79.9. The molecule has 0 heterocycles. The van der Waals surface area contributed by atoms with E-state index in [4.69, 9.17) is 11.0 Å². The summed E-state index contributed by atoms with van der Waals surface area (Å²) >= 11 is 3.07. The van der Waals surface area contributed by atoms with E-state index in [9.17, 15) is 12.8 Å². The van der Waals surface area contributed by atoms with Gasteiger partial charge in [0.1, 0.15) is 16.8 Å². The van der Waals surface area contributed by atoms with Crippen LogP contribution >= 0.6 is 15.9 Å². The summed E-state index contributed by atoms with van der Waals surface area (Å²) in [6.45, 7) is 0. The van der Waals surface area contributed by atoms with Gasteiger partial charge in [0, 0.05) is 10.2 Å². The first-order valence-electron chi connectivity index (χ1n) is 5.61. The van der Waals surface area contributed by atoms with Crippen LogP contribution in [0.5, 0.6) is 0 Å². The van der Waals surface area contributed by atoms with Gasteiger partial charge in [0.05, 0.1) is 11.3 Å². The summed E-state index contributed by atoms with van der Waals surface area (Å²) in [4.78, 5) is -0.199. The van der Waals surface area contributed by atoms with Gasteiger partial charge in [0.25, 0.3) is 10.0 Å². The summed E-state index contributed by atoms with van der Waals surface area (Å²) < 4.78 is 40.2. The van der Waals surface area contributed by atoms with Crippen LogP contribution in [0.4, 0.5) is 15.8 Å². The fourth-order valence-electron chi connectivity index (χ4n) is 1.64. The zero-order chi connectivity index (χ0) is 15.6. The van der Waals surface area contributed by atoms with E-state index in [0.29, 0.717) is 0 Å². The van der Waals surface area contributed by atoms with Gasteiger partial charge in [-0.1, -0.05) is 0 Å². The minimum atomic E-state index is -3.99. The molecule has 0 aliphatic heterocycles. The Morgan fingerprint density at radius 1 is 1.24 bits per heavy atom. The fourth-order valence-corrected chi connectivity index (χ4v) is 3.44. The summed E-state index contributed by atoms with van der Waals surface area (Å²) in [6, 6.07) is 9.21. The van der Waals surface area contributed by atoms with Gasteiger partial charge in [-0.05, 0) is 52.3 Å². The molecule has 0 amide bonds. The molecule has 0 saturated heterocycles. The lowest BCUT2D eigenvalue weighted by atomic mass is 10.2. The summed E-state index contributed by atoms with van der Waals surface area (Å²) in [5, 5.41) is 9.01. The number of sulfonamides is 1. The minimum absolute atomic E-state index is 0.0688. The van der Waals surface area contributed by atoms with E-state index in [1.807, 2.05) is 0 Å². The van der Waals surface area contributed by atoms with Crippen molar-refractivity contribution in [1.29, 1.82) is 5.26 Å². The molecule has 8 heteroatoms. The smallest absolute Gasteiger partial charge is 0.263 e. The molecule has 0 radical (unpaired) electrons. The highest BCUT2D eigenvalue weighted by Crippen LogP contribution is 2.27. The fraction of sp³-hybridized carbons (Fsp3) is 0. The first-order valence-corrected chi connectivity index (χ1v) is 7.88. The van der Waals surface area contributed by atoms with E-state index in [2.05, 4.69) is 20.7 Å². The molecule has 0 atom stereocenters. The van der Waals surface area contributed by atoms with Crippen molar-refractivity contribution < 1.29 is 12.8 Å². The summed E-state index contributed by atoms with van der Waals surface area (Å²) in [6.07, 6.45) is 0. The average Bonchev–Trinajstić information content (AvgIpc) is 2.41. The maximum atomic E-state index is 13.0. The molecule has 2 aromatic carbocycles. The van der Waals surface area contributed by atoms with Gasteiger partial charge < -0.3 is 5.73 Å². The molecule has 0 saturated carbocycles. The second-order valence-corrected chi connectivity index (χ2v) is 6.60. The maximum Gasteiger partial charge on any atom is 0.263 e. The second-order valence-electron chi connectivity index (χ2n) is 4.10. The molecule has 21 heavy (non-hydrogen) atoms. The van der Waals surface area contributed by atoms with Crippen molar-refractivity contribution in [2.45, 2.75) is 4.90 Å². The zero-order valence-corrected chi connectivity index (χ0v) is 12.9. The number of nitrogens with two attached hydrogens (primary N) is 1. The van der Waals surface area contributed by atoms with Crippen molar-refractivity contribution in [3.8, 4) is 6.07 Å². The molecule has 0 aliphatic carbocycles. The van der Waals surface area contributed by atoms with Crippen molar-refractivity contribution in [1.82, 2.24) is 0 Å². The third-order valence-corrected chi connectivity index (χ3v) is 4.67.